The van der Waals surface area contributed by atoms with Crippen molar-refractivity contribution in [2.45, 2.75) is 24.9 Å². The van der Waals surface area contributed by atoms with Crippen LogP contribution in [-0.2, 0) is 4.84 Å². The Labute approximate surface area is 215 Å². The van der Waals surface area contributed by atoms with E-state index in [9.17, 15) is 15.0 Å². The first-order valence-electron chi connectivity index (χ1n) is 11.7. The predicted octanol–water partition coefficient (Wildman–Crippen LogP) is 4.84. The van der Waals surface area contributed by atoms with Gasteiger partial charge in [-0.1, -0.05) is 17.3 Å². The minimum absolute atomic E-state index is 0.0480. The van der Waals surface area contributed by atoms with Gasteiger partial charge in [-0.15, -0.1) is 0 Å². The molecule has 9 nitrogen and oxygen atoms in total. The number of hydrogen-bond acceptors (Lipinski definition) is 9. The standard InChI is InChI=1S/C28H30N2O7/c1-30-22(18-7-11-24(31)26(13-18)35-3)15-20(16-23(30)19-8-12-25(32)27(14-19)36-4)29-37-28(33)17-5-9-21(34-2)10-6-17/h5-14,22-23,31-32H,15-16H2,1-4H3. The van der Waals surface area contributed by atoms with E-state index in [1.165, 1.54) is 14.2 Å². The number of nitrogens with zero attached hydrogens (tertiary/aromatic N) is 2. The number of ether oxygens (including phenoxy) is 3. The van der Waals surface area contributed by atoms with Crippen molar-refractivity contribution >= 4 is 11.7 Å². The zero-order valence-corrected chi connectivity index (χ0v) is 21.2. The summed E-state index contributed by atoms with van der Waals surface area (Å²) < 4.78 is 15.8. The molecule has 1 aliphatic heterocycles. The molecule has 1 heterocycles. The molecule has 1 fully saturated rings. The summed E-state index contributed by atoms with van der Waals surface area (Å²) in [6.45, 7) is 0. The molecule has 194 valence electrons. The number of hydrogen-bond donors (Lipinski definition) is 2. The lowest BCUT2D eigenvalue weighted by molar-refractivity contribution is 0.0507. The van der Waals surface area contributed by atoms with Crippen LogP contribution in [-0.4, -0.2) is 55.2 Å². The minimum Gasteiger partial charge on any atom is -0.504 e. The van der Waals surface area contributed by atoms with E-state index < -0.39 is 5.97 Å². The molecule has 0 bridgehead atoms. The molecule has 2 unspecified atom stereocenters. The van der Waals surface area contributed by atoms with Crippen molar-refractivity contribution in [3.8, 4) is 28.7 Å². The van der Waals surface area contributed by atoms with Crippen molar-refractivity contribution in [1.29, 1.82) is 0 Å². The molecular weight excluding hydrogens is 476 g/mol. The summed E-state index contributed by atoms with van der Waals surface area (Å²) in [5, 5.41) is 24.4. The Bertz CT molecular complexity index is 1220. The third-order valence-corrected chi connectivity index (χ3v) is 6.60. The molecule has 0 spiro atoms. The van der Waals surface area contributed by atoms with Crippen molar-refractivity contribution in [2.75, 3.05) is 28.4 Å². The number of carbonyl (C=O) groups is 1. The molecule has 2 N–H and O–H groups in total. The van der Waals surface area contributed by atoms with Gasteiger partial charge in [0.1, 0.15) is 5.75 Å². The Morgan fingerprint density at radius 1 is 0.811 bits per heavy atom. The van der Waals surface area contributed by atoms with Crippen molar-refractivity contribution in [3.05, 3.63) is 77.4 Å². The Morgan fingerprint density at radius 2 is 1.32 bits per heavy atom. The second-order valence-electron chi connectivity index (χ2n) is 8.73. The highest BCUT2D eigenvalue weighted by Gasteiger charge is 2.34. The smallest absolute Gasteiger partial charge is 0.365 e. The number of oxime groups is 1. The number of benzene rings is 3. The van der Waals surface area contributed by atoms with Crippen LogP contribution in [0, 0.1) is 0 Å². The highest BCUT2D eigenvalue weighted by atomic mass is 16.7. The first-order valence-corrected chi connectivity index (χ1v) is 11.7. The van der Waals surface area contributed by atoms with Crippen LogP contribution in [0.5, 0.6) is 28.7 Å². The summed E-state index contributed by atoms with van der Waals surface area (Å²) in [5.74, 6) is 0.892. The lowest BCUT2D eigenvalue weighted by Gasteiger charge is -2.40. The predicted molar refractivity (Wildman–Crippen MR) is 138 cm³/mol. The van der Waals surface area contributed by atoms with Gasteiger partial charge in [0, 0.05) is 24.9 Å². The van der Waals surface area contributed by atoms with E-state index in [1.807, 2.05) is 19.2 Å². The average molecular weight is 507 g/mol. The Morgan fingerprint density at radius 3 is 1.78 bits per heavy atom. The molecule has 4 rings (SSSR count). The third kappa shape index (κ3) is 5.62. The van der Waals surface area contributed by atoms with Gasteiger partial charge in [0.05, 0.1) is 32.6 Å². The first-order chi connectivity index (χ1) is 17.8. The van der Waals surface area contributed by atoms with Crippen LogP contribution in [0.3, 0.4) is 0 Å². The molecule has 3 aromatic carbocycles. The quantitative estimate of drug-likeness (QED) is 0.346. The third-order valence-electron chi connectivity index (χ3n) is 6.60. The van der Waals surface area contributed by atoms with Crippen LogP contribution < -0.4 is 14.2 Å². The normalized spacial score (nSPS) is 17.7. The van der Waals surface area contributed by atoms with Crippen LogP contribution >= 0.6 is 0 Å². The second-order valence-corrected chi connectivity index (χ2v) is 8.73. The molecule has 37 heavy (non-hydrogen) atoms. The molecule has 0 radical (unpaired) electrons. The summed E-state index contributed by atoms with van der Waals surface area (Å²) in [7, 11) is 6.55. The van der Waals surface area contributed by atoms with Gasteiger partial charge in [-0.25, -0.2) is 4.79 Å². The van der Waals surface area contributed by atoms with Crippen LogP contribution in [0.1, 0.15) is 46.4 Å². The van der Waals surface area contributed by atoms with E-state index in [0.29, 0.717) is 41.4 Å². The summed E-state index contributed by atoms with van der Waals surface area (Å²) in [6, 6.07) is 16.7. The maximum atomic E-state index is 12.6. The number of phenols is 2. The number of carbonyl (C=O) groups excluding carboxylic acids is 1. The molecule has 0 amide bonds. The van der Waals surface area contributed by atoms with Crippen LogP contribution in [0.25, 0.3) is 0 Å². The fourth-order valence-corrected chi connectivity index (χ4v) is 4.50. The Hall–Kier alpha value is -4.24. The largest absolute Gasteiger partial charge is 0.504 e. The number of methoxy groups -OCH3 is 3. The average Bonchev–Trinajstić information content (AvgIpc) is 2.93. The number of likely N-dealkylation sites (tertiary alicyclic amines) is 1. The molecule has 2 atom stereocenters. The van der Waals surface area contributed by atoms with E-state index in [1.54, 1.807) is 55.6 Å². The zero-order valence-electron chi connectivity index (χ0n) is 21.2. The topological polar surface area (TPSA) is 110 Å². The summed E-state index contributed by atoms with van der Waals surface area (Å²) in [5.41, 5.74) is 2.86. The van der Waals surface area contributed by atoms with E-state index in [0.717, 1.165) is 11.1 Å². The van der Waals surface area contributed by atoms with Gasteiger partial charge in [-0.2, -0.15) is 0 Å². The molecule has 9 heteroatoms. The van der Waals surface area contributed by atoms with Gasteiger partial charge in [0.25, 0.3) is 0 Å². The highest BCUT2D eigenvalue weighted by molar-refractivity contribution is 5.91. The minimum atomic E-state index is -0.570. The number of piperidine rings is 1. The highest BCUT2D eigenvalue weighted by Crippen LogP contribution is 2.42. The fourth-order valence-electron chi connectivity index (χ4n) is 4.50. The molecular formula is C28H30N2O7. The lowest BCUT2D eigenvalue weighted by Crippen LogP contribution is -2.37. The van der Waals surface area contributed by atoms with Crippen LogP contribution in [0.4, 0.5) is 0 Å². The van der Waals surface area contributed by atoms with Crippen LogP contribution in [0.2, 0.25) is 0 Å². The molecule has 1 aliphatic rings. The summed E-state index contributed by atoms with van der Waals surface area (Å²) >= 11 is 0. The number of phenolic OH excluding ortho intramolecular Hbond substituents is 2. The van der Waals surface area contributed by atoms with E-state index in [2.05, 4.69) is 10.1 Å². The molecule has 3 aromatic rings. The monoisotopic (exact) mass is 506 g/mol. The van der Waals surface area contributed by atoms with Crippen LogP contribution in [0.15, 0.2) is 65.8 Å². The zero-order chi connectivity index (χ0) is 26.5. The van der Waals surface area contributed by atoms with E-state index >= 15 is 0 Å². The van der Waals surface area contributed by atoms with E-state index in [4.69, 9.17) is 19.0 Å². The van der Waals surface area contributed by atoms with Crippen molar-refractivity contribution in [2.24, 2.45) is 5.16 Å². The molecule has 1 saturated heterocycles. The fraction of sp³-hybridized carbons (Fsp3) is 0.286. The van der Waals surface area contributed by atoms with Gasteiger partial charge in [-0.05, 0) is 66.7 Å². The van der Waals surface area contributed by atoms with E-state index in [-0.39, 0.29) is 23.6 Å². The van der Waals surface area contributed by atoms with Gasteiger partial charge in [0.15, 0.2) is 23.0 Å². The first kappa shape index (κ1) is 25.8. The van der Waals surface area contributed by atoms with Gasteiger partial charge >= 0.3 is 5.97 Å². The van der Waals surface area contributed by atoms with Gasteiger partial charge in [-0.3, -0.25) is 4.90 Å². The molecule has 0 aliphatic carbocycles. The molecule has 0 saturated carbocycles. The number of aromatic hydroxyl groups is 2. The Kier molecular flexibility index (Phi) is 7.83. The van der Waals surface area contributed by atoms with Gasteiger partial charge < -0.3 is 29.3 Å². The molecule has 0 aromatic heterocycles. The summed E-state index contributed by atoms with van der Waals surface area (Å²) in [4.78, 5) is 20.1. The van der Waals surface area contributed by atoms with Crippen molar-refractivity contribution < 1.29 is 34.1 Å². The maximum Gasteiger partial charge on any atom is 0.365 e. The van der Waals surface area contributed by atoms with Crippen molar-refractivity contribution in [3.63, 3.8) is 0 Å². The summed E-state index contributed by atoms with van der Waals surface area (Å²) in [6.07, 6.45) is 0.984. The van der Waals surface area contributed by atoms with Crippen molar-refractivity contribution in [1.82, 2.24) is 4.90 Å². The lowest BCUT2D eigenvalue weighted by atomic mass is 9.86. The Balaban J connectivity index is 1.66. The number of rotatable bonds is 7. The van der Waals surface area contributed by atoms with Gasteiger partial charge in [0.2, 0.25) is 0 Å². The second kappa shape index (κ2) is 11.2. The SMILES string of the molecule is COc1ccc(C(=O)ON=C2CC(c3ccc(O)c(OC)c3)N(C)C(c3ccc(O)c(OC)c3)C2)cc1. The maximum absolute atomic E-state index is 12.6.